The van der Waals surface area contributed by atoms with Gasteiger partial charge >= 0.3 is 0 Å². The van der Waals surface area contributed by atoms with E-state index in [4.69, 9.17) is 9.47 Å². The number of hydrogen-bond donors (Lipinski definition) is 0. The quantitative estimate of drug-likeness (QED) is 0.667. The number of amides is 1. The van der Waals surface area contributed by atoms with Crippen LogP contribution in [0.25, 0.3) is 0 Å². The van der Waals surface area contributed by atoms with Crippen LogP contribution in [0, 0.1) is 5.82 Å². The number of hydrogen-bond acceptors (Lipinski definition) is 5. The van der Waals surface area contributed by atoms with E-state index in [1.165, 1.54) is 40.6 Å². The van der Waals surface area contributed by atoms with Crippen molar-refractivity contribution in [2.24, 2.45) is 0 Å². The van der Waals surface area contributed by atoms with Crippen LogP contribution in [0.5, 0.6) is 5.75 Å². The summed E-state index contributed by atoms with van der Waals surface area (Å²) in [5.74, 6) is -0.695. The molecule has 0 unspecified atom stereocenters. The number of ether oxygens (including phenoxy) is 2. The Labute approximate surface area is 176 Å². The molecule has 0 spiro atoms. The largest absolute Gasteiger partial charge is 0.494 e. The van der Waals surface area contributed by atoms with Gasteiger partial charge in [0.1, 0.15) is 0 Å². The van der Waals surface area contributed by atoms with Crippen LogP contribution in [0.15, 0.2) is 47.4 Å². The van der Waals surface area contributed by atoms with Crippen molar-refractivity contribution < 1.29 is 27.1 Å². The monoisotopic (exact) mass is 436 g/mol. The molecular formula is C21H25FN2O5S. The number of nitrogens with zero attached hydrogens (tertiary/aromatic N) is 2. The number of sulfonamides is 1. The van der Waals surface area contributed by atoms with Crippen molar-refractivity contribution in [3.05, 3.63) is 59.4 Å². The van der Waals surface area contributed by atoms with Gasteiger partial charge < -0.3 is 14.4 Å². The fourth-order valence-electron chi connectivity index (χ4n) is 3.26. The van der Waals surface area contributed by atoms with E-state index in [2.05, 4.69) is 0 Å². The minimum Gasteiger partial charge on any atom is -0.494 e. The highest BCUT2D eigenvalue weighted by Gasteiger charge is 2.27. The van der Waals surface area contributed by atoms with Gasteiger partial charge in [-0.25, -0.2) is 12.8 Å². The molecule has 1 heterocycles. The molecule has 1 fully saturated rings. The van der Waals surface area contributed by atoms with Gasteiger partial charge in [-0.3, -0.25) is 4.79 Å². The van der Waals surface area contributed by atoms with Gasteiger partial charge in [-0.05, 0) is 42.8 Å². The minimum atomic E-state index is -3.70. The number of rotatable bonds is 7. The minimum absolute atomic E-state index is 0.0711. The van der Waals surface area contributed by atoms with Crippen molar-refractivity contribution in [3.63, 3.8) is 0 Å². The molecule has 0 N–H and O–H groups in total. The van der Waals surface area contributed by atoms with E-state index in [1.54, 1.807) is 18.2 Å². The number of benzene rings is 2. The van der Waals surface area contributed by atoms with Crippen molar-refractivity contribution in [1.82, 2.24) is 9.21 Å². The zero-order valence-electron chi connectivity index (χ0n) is 17.0. The lowest BCUT2D eigenvalue weighted by atomic mass is 10.1. The number of methoxy groups -OCH3 is 1. The third-order valence-electron chi connectivity index (χ3n) is 4.95. The first kappa shape index (κ1) is 22.2. The molecule has 162 valence electrons. The maximum Gasteiger partial charge on any atom is 0.254 e. The summed E-state index contributed by atoms with van der Waals surface area (Å²) in [4.78, 5) is 14.6. The molecule has 3 rings (SSSR count). The Balaban J connectivity index is 1.81. The van der Waals surface area contributed by atoms with E-state index in [0.29, 0.717) is 25.3 Å². The molecule has 0 atom stereocenters. The van der Waals surface area contributed by atoms with Crippen molar-refractivity contribution in [2.45, 2.75) is 18.4 Å². The predicted molar refractivity (Wildman–Crippen MR) is 109 cm³/mol. The lowest BCUT2D eigenvalue weighted by Gasteiger charge is -2.26. The molecule has 2 aromatic rings. The molecule has 0 bridgehead atoms. The summed E-state index contributed by atoms with van der Waals surface area (Å²) in [5.41, 5.74) is 0.876. The lowest BCUT2D eigenvalue weighted by molar-refractivity contribution is 0.0729. The van der Waals surface area contributed by atoms with Crippen LogP contribution in [0.2, 0.25) is 0 Å². The van der Waals surface area contributed by atoms with Crippen molar-refractivity contribution >= 4 is 15.9 Å². The average molecular weight is 437 g/mol. The maximum atomic E-state index is 14.0. The first-order chi connectivity index (χ1) is 14.4. The van der Waals surface area contributed by atoms with E-state index in [0.717, 1.165) is 0 Å². The summed E-state index contributed by atoms with van der Waals surface area (Å²) in [5, 5.41) is 0. The third kappa shape index (κ3) is 4.80. The summed E-state index contributed by atoms with van der Waals surface area (Å²) in [6.07, 6.45) is 0. The van der Waals surface area contributed by atoms with E-state index in [1.807, 2.05) is 6.92 Å². The highest BCUT2D eigenvalue weighted by atomic mass is 32.2. The topological polar surface area (TPSA) is 76.2 Å². The van der Waals surface area contributed by atoms with Crippen LogP contribution in [0.3, 0.4) is 0 Å². The van der Waals surface area contributed by atoms with Gasteiger partial charge in [-0.1, -0.05) is 12.1 Å². The van der Waals surface area contributed by atoms with Gasteiger partial charge in [-0.15, -0.1) is 0 Å². The molecule has 7 nitrogen and oxygen atoms in total. The summed E-state index contributed by atoms with van der Waals surface area (Å²) in [6.45, 7) is 3.64. The molecule has 0 aromatic heterocycles. The summed E-state index contributed by atoms with van der Waals surface area (Å²) >= 11 is 0. The highest BCUT2D eigenvalue weighted by molar-refractivity contribution is 7.89. The molecule has 1 saturated heterocycles. The molecule has 1 aliphatic heterocycles. The molecule has 30 heavy (non-hydrogen) atoms. The summed E-state index contributed by atoms with van der Waals surface area (Å²) < 4.78 is 51.2. The molecule has 0 aliphatic carbocycles. The van der Waals surface area contributed by atoms with Crippen LogP contribution < -0.4 is 4.74 Å². The molecule has 0 saturated carbocycles. The first-order valence-electron chi connectivity index (χ1n) is 9.66. The lowest BCUT2D eigenvalue weighted by Crippen LogP contribution is -2.40. The van der Waals surface area contributed by atoms with Crippen molar-refractivity contribution in [2.75, 3.05) is 40.0 Å². The normalized spacial score (nSPS) is 15.0. The van der Waals surface area contributed by atoms with Crippen LogP contribution in [-0.4, -0.2) is 63.5 Å². The van der Waals surface area contributed by atoms with Gasteiger partial charge in [-0.2, -0.15) is 4.31 Å². The van der Waals surface area contributed by atoms with E-state index < -0.39 is 15.8 Å². The Bertz CT molecular complexity index is 1010. The maximum absolute atomic E-state index is 14.0. The van der Waals surface area contributed by atoms with Crippen LogP contribution in [-0.2, 0) is 21.3 Å². The summed E-state index contributed by atoms with van der Waals surface area (Å²) in [7, 11) is -2.32. The van der Waals surface area contributed by atoms with Gasteiger partial charge in [0.2, 0.25) is 10.0 Å². The molecule has 2 aromatic carbocycles. The third-order valence-corrected chi connectivity index (χ3v) is 6.84. The van der Waals surface area contributed by atoms with Crippen LogP contribution in [0.4, 0.5) is 4.39 Å². The van der Waals surface area contributed by atoms with Crippen molar-refractivity contribution in [1.29, 1.82) is 0 Å². The van der Waals surface area contributed by atoms with Crippen LogP contribution in [0.1, 0.15) is 22.8 Å². The van der Waals surface area contributed by atoms with E-state index >= 15 is 0 Å². The second-order valence-corrected chi connectivity index (χ2v) is 8.77. The predicted octanol–water partition coefficient (Wildman–Crippen LogP) is 2.52. The molecule has 0 radical (unpaired) electrons. The van der Waals surface area contributed by atoms with Gasteiger partial charge in [0.05, 0.1) is 25.2 Å². The molecule has 1 amide bonds. The van der Waals surface area contributed by atoms with Gasteiger partial charge in [0, 0.05) is 31.7 Å². The zero-order chi connectivity index (χ0) is 21.7. The number of halogens is 1. The number of carbonyl (C=O) groups is 1. The Morgan fingerprint density at radius 1 is 1.20 bits per heavy atom. The fraction of sp³-hybridized carbons (Fsp3) is 0.381. The standard InChI is InChI=1S/C21H25FN2O5S/c1-3-23(15-16-7-8-20(28-2)19(22)13-16)21(25)17-5-4-6-18(14-17)30(26,27)24-9-11-29-12-10-24/h4-8,13-14H,3,9-12,15H2,1-2H3. The molecular weight excluding hydrogens is 411 g/mol. The Kier molecular flexibility index (Phi) is 7.06. The van der Waals surface area contributed by atoms with E-state index in [9.17, 15) is 17.6 Å². The second kappa shape index (κ2) is 9.55. The second-order valence-electron chi connectivity index (χ2n) is 6.83. The molecule has 9 heteroatoms. The zero-order valence-corrected chi connectivity index (χ0v) is 17.8. The Morgan fingerprint density at radius 3 is 2.57 bits per heavy atom. The fourth-order valence-corrected chi connectivity index (χ4v) is 4.72. The highest BCUT2D eigenvalue weighted by Crippen LogP contribution is 2.21. The molecule has 1 aliphatic rings. The number of morpholine rings is 1. The number of carbonyl (C=O) groups excluding carboxylic acids is 1. The van der Waals surface area contributed by atoms with Crippen molar-refractivity contribution in [3.8, 4) is 5.75 Å². The van der Waals surface area contributed by atoms with Gasteiger partial charge in [0.25, 0.3) is 5.91 Å². The Morgan fingerprint density at radius 2 is 1.93 bits per heavy atom. The average Bonchev–Trinajstić information content (AvgIpc) is 2.77. The van der Waals surface area contributed by atoms with Gasteiger partial charge in [0.15, 0.2) is 11.6 Å². The summed E-state index contributed by atoms with van der Waals surface area (Å²) in [6, 6.07) is 10.5. The SMILES string of the molecule is CCN(Cc1ccc(OC)c(F)c1)C(=O)c1cccc(S(=O)(=O)N2CCOCC2)c1. The Hall–Kier alpha value is -2.49. The van der Waals surface area contributed by atoms with E-state index in [-0.39, 0.29) is 41.7 Å². The smallest absolute Gasteiger partial charge is 0.254 e. The van der Waals surface area contributed by atoms with Crippen LogP contribution >= 0.6 is 0 Å². The first-order valence-corrected chi connectivity index (χ1v) is 11.1.